The van der Waals surface area contributed by atoms with Crippen LogP contribution in [0, 0.1) is 0 Å². The molecule has 4 N–H and O–H groups in total. The van der Waals surface area contributed by atoms with E-state index in [1.54, 1.807) is 18.2 Å². The molecule has 0 bridgehead atoms. The maximum Gasteiger partial charge on any atom is 0.277 e. The molecule has 0 saturated carbocycles. The molecule has 1 aromatic carbocycles. The maximum absolute atomic E-state index is 11.9. The molecule has 0 aliphatic rings. The molecule has 0 atom stereocenters. The fourth-order valence-corrected chi connectivity index (χ4v) is 1.77. The molecule has 2 aromatic rings. The Morgan fingerprint density at radius 2 is 2.26 bits per heavy atom. The lowest BCUT2D eigenvalue weighted by atomic mass is 10.1. The van der Waals surface area contributed by atoms with E-state index < -0.39 is 5.91 Å². The maximum atomic E-state index is 11.9. The Kier molecular flexibility index (Phi) is 3.81. The monoisotopic (exact) mass is 324 g/mol. The van der Waals surface area contributed by atoms with E-state index >= 15 is 0 Å². The average molecular weight is 325 g/mol. The van der Waals surface area contributed by atoms with E-state index in [1.807, 2.05) is 0 Å². The number of halogens is 1. The van der Waals surface area contributed by atoms with Crippen molar-refractivity contribution >= 4 is 33.4 Å². The van der Waals surface area contributed by atoms with Gasteiger partial charge in [-0.05, 0) is 18.2 Å². The number of nitrogens with one attached hydrogen (secondary N) is 1. The van der Waals surface area contributed by atoms with Crippen molar-refractivity contribution in [2.45, 2.75) is 0 Å². The number of aromatic nitrogens is 1. The van der Waals surface area contributed by atoms with Crippen molar-refractivity contribution in [1.82, 2.24) is 5.16 Å². The quantitative estimate of drug-likeness (QED) is 0.344. The molecule has 98 valence electrons. The molecule has 0 fully saturated rings. The molecule has 0 unspecified atom stereocenters. The Hall–Kier alpha value is -2.35. The molecule has 0 spiro atoms. The van der Waals surface area contributed by atoms with E-state index in [9.17, 15) is 4.79 Å². The highest BCUT2D eigenvalue weighted by Crippen LogP contribution is 2.22. The normalized spacial score (nSPS) is 11.3. The summed E-state index contributed by atoms with van der Waals surface area (Å²) in [5.74, 6) is -0.568. The van der Waals surface area contributed by atoms with Crippen molar-refractivity contribution in [2.75, 3.05) is 5.32 Å². The van der Waals surface area contributed by atoms with Gasteiger partial charge in [-0.25, -0.2) is 0 Å². The summed E-state index contributed by atoms with van der Waals surface area (Å²) < 4.78 is 5.32. The van der Waals surface area contributed by atoms with Gasteiger partial charge in [0.25, 0.3) is 5.91 Å². The molecule has 0 saturated heterocycles. The number of oxime groups is 1. The summed E-state index contributed by atoms with van der Waals surface area (Å²) in [5, 5.41) is 17.7. The van der Waals surface area contributed by atoms with Crippen LogP contribution in [0.4, 0.5) is 5.69 Å². The molecule has 0 aliphatic carbocycles. The molecule has 1 heterocycles. The molecule has 1 aromatic heterocycles. The van der Waals surface area contributed by atoms with Crippen LogP contribution in [0.25, 0.3) is 0 Å². The Morgan fingerprint density at radius 3 is 2.89 bits per heavy atom. The van der Waals surface area contributed by atoms with Crippen LogP contribution in [0.3, 0.4) is 0 Å². The van der Waals surface area contributed by atoms with Crippen molar-refractivity contribution in [1.29, 1.82) is 0 Å². The molecular weight excluding hydrogens is 316 g/mol. The van der Waals surface area contributed by atoms with E-state index in [1.165, 1.54) is 12.3 Å². The zero-order chi connectivity index (χ0) is 13.8. The molecule has 2 rings (SSSR count). The van der Waals surface area contributed by atoms with Gasteiger partial charge in [-0.1, -0.05) is 26.2 Å². The lowest BCUT2D eigenvalue weighted by Crippen LogP contribution is -2.19. The van der Waals surface area contributed by atoms with Crippen molar-refractivity contribution in [3.05, 3.63) is 46.3 Å². The van der Waals surface area contributed by atoms with Crippen LogP contribution in [0.2, 0.25) is 0 Å². The van der Waals surface area contributed by atoms with Crippen LogP contribution in [0.15, 0.2) is 44.7 Å². The summed E-state index contributed by atoms with van der Waals surface area (Å²) in [6.45, 7) is 0. The average Bonchev–Trinajstić information content (AvgIpc) is 2.92. The smallest absolute Gasteiger partial charge is 0.277 e. The highest BCUT2D eigenvalue weighted by atomic mass is 79.9. The lowest BCUT2D eigenvalue weighted by Gasteiger charge is -2.09. The summed E-state index contributed by atoms with van der Waals surface area (Å²) in [4.78, 5) is 11.9. The number of benzene rings is 1. The van der Waals surface area contributed by atoms with Gasteiger partial charge in [0.15, 0.2) is 11.5 Å². The predicted octanol–water partition coefficient (Wildman–Crippen LogP) is 1.78. The zero-order valence-electron chi connectivity index (χ0n) is 9.50. The number of carbonyl (C=O) groups is 1. The van der Waals surface area contributed by atoms with Gasteiger partial charge in [0, 0.05) is 16.1 Å². The number of hydrogen-bond acceptors (Lipinski definition) is 5. The largest absolute Gasteiger partial charge is 0.409 e. The molecule has 8 heteroatoms. The number of hydrogen-bond donors (Lipinski definition) is 3. The first kappa shape index (κ1) is 13.1. The summed E-state index contributed by atoms with van der Waals surface area (Å²) in [6, 6.07) is 6.37. The third-order valence-corrected chi connectivity index (χ3v) is 2.78. The first-order valence-corrected chi connectivity index (χ1v) is 5.90. The molecular formula is C11H9BrN4O3. The number of nitrogens with zero attached hydrogens (tertiary/aromatic N) is 2. The number of nitrogens with two attached hydrogens (primary N) is 1. The van der Waals surface area contributed by atoms with E-state index in [-0.39, 0.29) is 11.5 Å². The fraction of sp³-hybridized carbons (Fsp3) is 0. The zero-order valence-corrected chi connectivity index (χ0v) is 11.1. The SMILES string of the molecule is N/C(=N/O)c1ccc(Br)cc1NC(=O)c1ccon1. The van der Waals surface area contributed by atoms with Gasteiger partial charge in [0.2, 0.25) is 0 Å². The predicted molar refractivity (Wildman–Crippen MR) is 71.1 cm³/mol. The number of rotatable bonds is 3. The van der Waals surface area contributed by atoms with E-state index in [0.29, 0.717) is 11.3 Å². The third kappa shape index (κ3) is 2.91. The summed E-state index contributed by atoms with van der Waals surface area (Å²) in [5.41, 5.74) is 6.45. The van der Waals surface area contributed by atoms with E-state index in [4.69, 9.17) is 10.9 Å². The van der Waals surface area contributed by atoms with E-state index in [0.717, 1.165) is 4.47 Å². The minimum absolute atomic E-state index is 0.108. The fourth-order valence-electron chi connectivity index (χ4n) is 1.41. The minimum atomic E-state index is -0.459. The van der Waals surface area contributed by atoms with Crippen molar-refractivity contribution < 1.29 is 14.5 Å². The second-order valence-electron chi connectivity index (χ2n) is 3.51. The van der Waals surface area contributed by atoms with Crippen molar-refractivity contribution in [3.63, 3.8) is 0 Å². The Morgan fingerprint density at radius 1 is 1.47 bits per heavy atom. The Balaban J connectivity index is 2.33. The van der Waals surface area contributed by atoms with E-state index in [2.05, 4.69) is 36.1 Å². The van der Waals surface area contributed by atoms with Crippen LogP contribution >= 0.6 is 15.9 Å². The van der Waals surface area contributed by atoms with Gasteiger partial charge in [0.1, 0.15) is 6.26 Å². The summed E-state index contributed by atoms with van der Waals surface area (Å²) in [6.07, 6.45) is 1.29. The minimum Gasteiger partial charge on any atom is -0.409 e. The van der Waals surface area contributed by atoms with Gasteiger partial charge in [0.05, 0.1) is 5.69 Å². The summed E-state index contributed by atoms with van der Waals surface area (Å²) in [7, 11) is 0. The highest BCUT2D eigenvalue weighted by Gasteiger charge is 2.14. The van der Waals surface area contributed by atoms with Crippen LogP contribution < -0.4 is 11.1 Å². The van der Waals surface area contributed by atoms with Crippen molar-refractivity contribution in [3.8, 4) is 0 Å². The molecule has 0 aliphatic heterocycles. The van der Waals surface area contributed by atoms with Crippen LogP contribution in [-0.2, 0) is 0 Å². The van der Waals surface area contributed by atoms with Gasteiger partial charge in [-0.2, -0.15) is 0 Å². The first-order chi connectivity index (χ1) is 9.11. The third-order valence-electron chi connectivity index (χ3n) is 2.28. The standard InChI is InChI=1S/C11H9BrN4O3/c12-6-1-2-7(10(13)15-18)9(5-6)14-11(17)8-3-4-19-16-8/h1-5,18H,(H2,13,15)(H,14,17). The Bertz CT molecular complexity index is 625. The molecule has 7 nitrogen and oxygen atoms in total. The van der Waals surface area contributed by atoms with Gasteiger partial charge < -0.3 is 20.8 Å². The van der Waals surface area contributed by atoms with Gasteiger partial charge >= 0.3 is 0 Å². The first-order valence-electron chi connectivity index (χ1n) is 5.11. The number of carbonyl (C=O) groups excluding carboxylic acids is 1. The van der Waals surface area contributed by atoms with Gasteiger partial charge in [-0.15, -0.1) is 0 Å². The second-order valence-corrected chi connectivity index (χ2v) is 4.43. The number of anilines is 1. The Labute approximate surface area is 116 Å². The topological polar surface area (TPSA) is 114 Å². The van der Waals surface area contributed by atoms with Crippen molar-refractivity contribution in [2.24, 2.45) is 10.9 Å². The highest BCUT2D eigenvalue weighted by molar-refractivity contribution is 9.10. The summed E-state index contributed by atoms with van der Waals surface area (Å²) >= 11 is 3.28. The van der Waals surface area contributed by atoms with Crippen LogP contribution in [0.5, 0.6) is 0 Å². The van der Waals surface area contributed by atoms with Crippen LogP contribution in [0.1, 0.15) is 16.1 Å². The number of amides is 1. The number of amidine groups is 1. The van der Waals surface area contributed by atoms with Gasteiger partial charge in [-0.3, -0.25) is 4.79 Å². The van der Waals surface area contributed by atoms with Crippen LogP contribution in [-0.4, -0.2) is 22.1 Å². The molecule has 0 radical (unpaired) electrons. The molecule has 1 amide bonds. The second kappa shape index (κ2) is 5.53. The lowest BCUT2D eigenvalue weighted by molar-refractivity contribution is 0.101. The molecule has 19 heavy (non-hydrogen) atoms.